The Labute approximate surface area is 113 Å². The number of hydrogen-bond donors (Lipinski definition) is 1. The first-order valence-electron chi connectivity index (χ1n) is 5.17. The SMILES string of the molecule is CSCC(=O)Nc1ccc2cc(Br)ccc2c1. The number of nitrogens with one attached hydrogen (secondary N) is 1. The third kappa shape index (κ3) is 3.23. The molecule has 88 valence electrons. The minimum Gasteiger partial charge on any atom is -0.325 e. The largest absolute Gasteiger partial charge is 0.325 e. The molecule has 0 aliphatic carbocycles. The summed E-state index contributed by atoms with van der Waals surface area (Å²) in [7, 11) is 0. The van der Waals surface area contributed by atoms with Gasteiger partial charge in [-0.1, -0.05) is 28.1 Å². The van der Waals surface area contributed by atoms with Crippen LogP contribution in [0, 0.1) is 0 Å². The zero-order valence-electron chi connectivity index (χ0n) is 9.37. The van der Waals surface area contributed by atoms with Crippen molar-refractivity contribution in [3.8, 4) is 0 Å². The zero-order chi connectivity index (χ0) is 12.3. The minimum absolute atomic E-state index is 0.0361. The number of anilines is 1. The maximum Gasteiger partial charge on any atom is 0.234 e. The number of benzene rings is 2. The highest BCUT2D eigenvalue weighted by atomic mass is 79.9. The van der Waals surface area contributed by atoms with Crippen LogP contribution in [-0.2, 0) is 4.79 Å². The van der Waals surface area contributed by atoms with Gasteiger partial charge in [0.2, 0.25) is 5.91 Å². The molecular formula is C13H12BrNOS. The Balaban J connectivity index is 2.26. The summed E-state index contributed by atoms with van der Waals surface area (Å²) >= 11 is 4.96. The maximum absolute atomic E-state index is 11.5. The fourth-order valence-electron chi connectivity index (χ4n) is 1.62. The quantitative estimate of drug-likeness (QED) is 0.931. The third-order valence-electron chi connectivity index (χ3n) is 2.36. The number of rotatable bonds is 3. The van der Waals surface area contributed by atoms with E-state index in [0.717, 1.165) is 20.9 Å². The standard InChI is InChI=1S/C13H12BrNOS/c1-17-8-13(16)15-12-5-3-9-6-11(14)4-2-10(9)7-12/h2-7H,8H2,1H3,(H,15,16). The van der Waals surface area contributed by atoms with Crippen LogP contribution in [0.4, 0.5) is 5.69 Å². The molecule has 0 saturated heterocycles. The molecule has 2 aromatic rings. The van der Waals surface area contributed by atoms with E-state index in [-0.39, 0.29) is 5.91 Å². The number of thioether (sulfide) groups is 1. The summed E-state index contributed by atoms with van der Waals surface area (Å²) in [6.45, 7) is 0. The summed E-state index contributed by atoms with van der Waals surface area (Å²) < 4.78 is 1.06. The van der Waals surface area contributed by atoms with Gasteiger partial charge in [0.1, 0.15) is 0 Å². The molecule has 0 saturated carbocycles. The molecule has 0 aromatic heterocycles. The van der Waals surface area contributed by atoms with Crippen LogP contribution in [-0.4, -0.2) is 17.9 Å². The van der Waals surface area contributed by atoms with Crippen LogP contribution in [0.2, 0.25) is 0 Å². The Morgan fingerprint density at radius 1 is 1.24 bits per heavy atom. The van der Waals surface area contributed by atoms with Crippen molar-refractivity contribution in [2.45, 2.75) is 0 Å². The van der Waals surface area contributed by atoms with Gasteiger partial charge in [-0.05, 0) is 41.3 Å². The van der Waals surface area contributed by atoms with E-state index in [1.54, 1.807) is 0 Å². The van der Waals surface area contributed by atoms with E-state index in [9.17, 15) is 4.79 Å². The number of carbonyl (C=O) groups excluding carboxylic acids is 1. The van der Waals surface area contributed by atoms with E-state index in [0.29, 0.717) is 5.75 Å². The molecule has 0 fully saturated rings. The van der Waals surface area contributed by atoms with E-state index in [2.05, 4.69) is 27.3 Å². The Kier molecular flexibility index (Phi) is 4.07. The highest BCUT2D eigenvalue weighted by molar-refractivity contribution is 9.10. The second-order valence-corrected chi connectivity index (χ2v) is 5.47. The van der Waals surface area contributed by atoms with E-state index in [1.165, 1.54) is 11.8 Å². The monoisotopic (exact) mass is 309 g/mol. The van der Waals surface area contributed by atoms with Crippen molar-refractivity contribution >= 4 is 50.1 Å². The second-order valence-electron chi connectivity index (χ2n) is 3.69. The summed E-state index contributed by atoms with van der Waals surface area (Å²) in [4.78, 5) is 11.5. The molecule has 0 radical (unpaired) electrons. The molecular weight excluding hydrogens is 298 g/mol. The topological polar surface area (TPSA) is 29.1 Å². The Bertz CT molecular complexity index is 556. The summed E-state index contributed by atoms with van der Waals surface area (Å²) in [5.41, 5.74) is 0.846. The smallest absolute Gasteiger partial charge is 0.234 e. The maximum atomic E-state index is 11.5. The molecule has 0 aliphatic rings. The normalized spacial score (nSPS) is 10.5. The fourth-order valence-corrected chi connectivity index (χ4v) is 2.34. The second kappa shape index (κ2) is 5.56. The molecule has 0 atom stereocenters. The lowest BCUT2D eigenvalue weighted by atomic mass is 10.1. The van der Waals surface area contributed by atoms with Gasteiger partial charge < -0.3 is 5.32 Å². The van der Waals surface area contributed by atoms with Crippen molar-refractivity contribution in [1.29, 1.82) is 0 Å². The number of amides is 1. The predicted molar refractivity (Wildman–Crippen MR) is 78.7 cm³/mol. The first kappa shape index (κ1) is 12.5. The first-order chi connectivity index (χ1) is 8.19. The van der Waals surface area contributed by atoms with E-state index < -0.39 is 0 Å². The number of carbonyl (C=O) groups is 1. The lowest BCUT2D eigenvalue weighted by molar-refractivity contribution is -0.113. The molecule has 1 N–H and O–H groups in total. The molecule has 4 heteroatoms. The molecule has 0 unspecified atom stereocenters. The average molecular weight is 310 g/mol. The highest BCUT2D eigenvalue weighted by Crippen LogP contribution is 2.22. The van der Waals surface area contributed by atoms with E-state index in [1.807, 2.05) is 36.6 Å². The van der Waals surface area contributed by atoms with Crippen LogP contribution >= 0.6 is 27.7 Å². The molecule has 0 aliphatic heterocycles. The van der Waals surface area contributed by atoms with Gasteiger partial charge in [-0.2, -0.15) is 11.8 Å². The van der Waals surface area contributed by atoms with Gasteiger partial charge in [-0.15, -0.1) is 0 Å². The molecule has 2 nitrogen and oxygen atoms in total. The summed E-state index contributed by atoms with van der Waals surface area (Å²) in [6.07, 6.45) is 1.91. The molecule has 0 heterocycles. The summed E-state index contributed by atoms with van der Waals surface area (Å²) in [5, 5.41) is 5.15. The number of fused-ring (bicyclic) bond motifs is 1. The summed E-state index contributed by atoms with van der Waals surface area (Å²) in [5.74, 6) is 0.521. The van der Waals surface area contributed by atoms with Crippen LogP contribution in [0.1, 0.15) is 0 Å². The van der Waals surface area contributed by atoms with E-state index in [4.69, 9.17) is 0 Å². The van der Waals surface area contributed by atoms with Crippen LogP contribution < -0.4 is 5.32 Å². The molecule has 2 aromatic carbocycles. The third-order valence-corrected chi connectivity index (χ3v) is 3.41. The first-order valence-corrected chi connectivity index (χ1v) is 7.36. The van der Waals surface area contributed by atoms with Gasteiger partial charge in [0.25, 0.3) is 0 Å². The minimum atomic E-state index is 0.0361. The van der Waals surface area contributed by atoms with Crippen molar-refractivity contribution < 1.29 is 4.79 Å². The summed E-state index contributed by atoms with van der Waals surface area (Å²) in [6, 6.07) is 12.0. The highest BCUT2D eigenvalue weighted by Gasteiger charge is 2.02. The van der Waals surface area contributed by atoms with Crippen LogP contribution in [0.5, 0.6) is 0 Å². The Morgan fingerprint density at radius 3 is 2.71 bits per heavy atom. The Morgan fingerprint density at radius 2 is 1.94 bits per heavy atom. The van der Waals surface area contributed by atoms with Gasteiger partial charge in [0.05, 0.1) is 5.75 Å². The number of halogens is 1. The van der Waals surface area contributed by atoms with E-state index >= 15 is 0 Å². The fraction of sp³-hybridized carbons (Fsp3) is 0.154. The Hall–Kier alpha value is -1.00. The van der Waals surface area contributed by atoms with Gasteiger partial charge >= 0.3 is 0 Å². The lowest BCUT2D eigenvalue weighted by Gasteiger charge is -2.06. The number of hydrogen-bond acceptors (Lipinski definition) is 2. The van der Waals surface area contributed by atoms with Gasteiger partial charge in [0.15, 0.2) is 0 Å². The van der Waals surface area contributed by atoms with Crippen LogP contribution in [0.15, 0.2) is 40.9 Å². The van der Waals surface area contributed by atoms with Crippen molar-refractivity contribution in [2.75, 3.05) is 17.3 Å². The van der Waals surface area contributed by atoms with Gasteiger partial charge in [0, 0.05) is 10.2 Å². The van der Waals surface area contributed by atoms with Gasteiger partial charge in [-0.3, -0.25) is 4.79 Å². The average Bonchev–Trinajstić information content (AvgIpc) is 2.29. The van der Waals surface area contributed by atoms with Crippen molar-refractivity contribution in [3.63, 3.8) is 0 Å². The molecule has 0 spiro atoms. The van der Waals surface area contributed by atoms with Gasteiger partial charge in [-0.25, -0.2) is 0 Å². The van der Waals surface area contributed by atoms with Crippen molar-refractivity contribution in [3.05, 3.63) is 40.9 Å². The van der Waals surface area contributed by atoms with Crippen LogP contribution in [0.3, 0.4) is 0 Å². The predicted octanol–water partition coefficient (Wildman–Crippen LogP) is 3.90. The zero-order valence-corrected chi connectivity index (χ0v) is 11.8. The molecule has 0 bridgehead atoms. The van der Waals surface area contributed by atoms with Crippen LogP contribution in [0.25, 0.3) is 10.8 Å². The van der Waals surface area contributed by atoms with Crippen molar-refractivity contribution in [2.24, 2.45) is 0 Å². The molecule has 17 heavy (non-hydrogen) atoms. The van der Waals surface area contributed by atoms with Crippen molar-refractivity contribution in [1.82, 2.24) is 0 Å². The molecule has 2 rings (SSSR count). The molecule has 1 amide bonds. The lowest BCUT2D eigenvalue weighted by Crippen LogP contribution is -2.13.